The van der Waals surface area contributed by atoms with Gasteiger partial charge in [0, 0.05) is 6.42 Å². The number of nitrogens with zero attached hydrogens (tertiary/aromatic N) is 2. The lowest BCUT2D eigenvalue weighted by Crippen LogP contribution is -1.98. The highest BCUT2D eigenvalue weighted by Gasteiger charge is 2.09. The second kappa shape index (κ2) is 6.43. The molecule has 1 aromatic rings. The summed E-state index contributed by atoms with van der Waals surface area (Å²) >= 11 is 0. The molecular weight excluding hydrogens is 196 g/mol. The molecule has 1 unspecified atom stereocenters. The maximum absolute atomic E-state index is 8.95. The highest BCUT2D eigenvalue weighted by molar-refractivity contribution is 5.63. The van der Waals surface area contributed by atoms with Gasteiger partial charge in [0.25, 0.3) is 0 Å². The van der Waals surface area contributed by atoms with Crippen molar-refractivity contribution in [3.05, 3.63) is 42.5 Å². The predicted molar refractivity (Wildman–Crippen MR) is 64.0 cm³/mol. The minimum absolute atomic E-state index is 0.104. The van der Waals surface area contributed by atoms with Crippen LogP contribution in [0.3, 0.4) is 0 Å². The third kappa shape index (κ3) is 3.59. The molecule has 2 heteroatoms. The number of nitriles is 2. The lowest BCUT2D eigenvalue weighted by Gasteiger charge is -2.09. The molecule has 0 spiro atoms. The van der Waals surface area contributed by atoms with Gasteiger partial charge in [0.15, 0.2) is 0 Å². The summed E-state index contributed by atoms with van der Waals surface area (Å²) in [6.45, 7) is 3.99. The van der Waals surface area contributed by atoms with Crippen molar-refractivity contribution in [2.24, 2.45) is 5.92 Å². The number of hydrogen-bond donors (Lipinski definition) is 0. The van der Waals surface area contributed by atoms with E-state index in [2.05, 4.69) is 18.7 Å². The van der Waals surface area contributed by atoms with Gasteiger partial charge in [-0.25, -0.2) is 0 Å². The van der Waals surface area contributed by atoms with Gasteiger partial charge in [0.1, 0.15) is 0 Å². The van der Waals surface area contributed by atoms with E-state index in [1.54, 1.807) is 0 Å². The molecule has 2 nitrogen and oxygen atoms in total. The van der Waals surface area contributed by atoms with Crippen LogP contribution >= 0.6 is 0 Å². The summed E-state index contributed by atoms with van der Waals surface area (Å²) in [6, 6.07) is 14.1. The van der Waals surface area contributed by atoms with Crippen LogP contribution in [-0.4, -0.2) is 0 Å². The van der Waals surface area contributed by atoms with E-state index in [1.165, 1.54) is 0 Å². The van der Waals surface area contributed by atoms with E-state index in [-0.39, 0.29) is 5.92 Å². The van der Waals surface area contributed by atoms with Crippen molar-refractivity contribution in [1.29, 1.82) is 10.5 Å². The molecule has 16 heavy (non-hydrogen) atoms. The van der Waals surface area contributed by atoms with E-state index in [4.69, 9.17) is 10.5 Å². The minimum atomic E-state index is -0.104. The van der Waals surface area contributed by atoms with Gasteiger partial charge < -0.3 is 0 Å². The Morgan fingerprint density at radius 2 is 1.94 bits per heavy atom. The third-order valence-corrected chi connectivity index (χ3v) is 2.46. The molecule has 80 valence electrons. The van der Waals surface area contributed by atoms with Gasteiger partial charge in [-0.15, -0.1) is 0 Å². The Labute approximate surface area is 96.4 Å². The molecule has 0 radical (unpaired) electrons. The van der Waals surface area contributed by atoms with Crippen molar-refractivity contribution < 1.29 is 0 Å². The summed E-state index contributed by atoms with van der Waals surface area (Å²) in [5.74, 6) is -0.104. The maximum Gasteiger partial charge on any atom is 0.0659 e. The third-order valence-electron chi connectivity index (χ3n) is 2.46. The Morgan fingerprint density at radius 3 is 2.50 bits per heavy atom. The van der Waals surface area contributed by atoms with Gasteiger partial charge in [0.2, 0.25) is 0 Å². The summed E-state index contributed by atoms with van der Waals surface area (Å²) < 4.78 is 0. The molecule has 0 fully saturated rings. The zero-order chi connectivity index (χ0) is 11.8. The highest BCUT2D eigenvalue weighted by atomic mass is 14.3. The predicted octanol–water partition coefficient (Wildman–Crippen LogP) is 3.53. The van der Waals surface area contributed by atoms with Gasteiger partial charge in [-0.1, -0.05) is 36.9 Å². The first-order valence-electron chi connectivity index (χ1n) is 5.27. The molecule has 1 rings (SSSR count). The van der Waals surface area contributed by atoms with Gasteiger partial charge in [-0.3, -0.25) is 0 Å². The van der Waals surface area contributed by atoms with E-state index in [0.717, 1.165) is 11.1 Å². The van der Waals surface area contributed by atoms with E-state index in [9.17, 15) is 0 Å². The highest BCUT2D eigenvalue weighted by Crippen LogP contribution is 2.22. The monoisotopic (exact) mass is 210 g/mol. The maximum atomic E-state index is 8.95. The summed E-state index contributed by atoms with van der Waals surface area (Å²) in [5.41, 5.74) is 2.03. The molecule has 0 aromatic heterocycles. The topological polar surface area (TPSA) is 47.6 Å². The standard InChI is InChI=1S/C14H14N2/c1-12(14-7-3-2-4-8-14)10-13(11-16)6-5-9-15/h2-4,7-8,13H,1,5-6,10H2. The van der Waals surface area contributed by atoms with E-state index >= 15 is 0 Å². The first-order chi connectivity index (χ1) is 7.77. The fourth-order valence-electron chi connectivity index (χ4n) is 1.54. The van der Waals surface area contributed by atoms with Crippen molar-refractivity contribution in [2.75, 3.05) is 0 Å². The van der Waals surface area contributed by atoms with Crippen molar-refractivity contribution >= 4 is 5.57 Å². The molecule has 0 aliphatic carbocycles. The van der Waals surface area contributed by atoms with Gasteiger partial charge in [-0.2, -0.15) is 10.5 Å². The number of benzene rings is 1. The number of allylic oxidation sites excluding steroid dienone is 1. The molecule has 0 bridgehead atoms. The van der Waals surface area contributed by atoms with Crippen LogP contribution in [0, 0.1) is 28.6 Å². The summed E-state index contributed by atoms with van der Waals surface area (Å²) in [7, 11) is 0. The first kappa shape index (κ1) is 12.0. The quantitative estimate of drug-likeness (QED) is 0.746. The van der Waals surface area contributed by atoms with Crippen LogP contribution in [-0.2, 0) is 0 Å². The van der Waals surface area contributed by atoms with Crippen molar-refractivity contribution in [3.8, 4) is 12.1 Å². The van der Waals surface area contributed by atoms with Crippen LogP contribution in [0.25, 0.3) is 5.57 Å². The minimum Gasteiger partial charge on any atom is -0.198 e. The molecule has 0 amide bonds. The van der Waals surface area contributed by atoms with Crippen LogP contribution in [0.5, 0.6) is 0 Å². The molecule has 0 N–H and O–H groups in total. The summed E-state index contributed by atoms with van der Waals surface area (Å²) in [5, 5.41) is 17.4. The fraction of sp³-hybridized carbons (Fsp3) is 0.286. The first-order valence-corrected chi connectivity index (χ1v) is 5.27. The number of hydrogen-bond acceptors (Lipinski definition) is 2. The second-order valence-corrected chi connectivity index (χ2v) is 3.70. The van der Waals surface area contributed by atoms with E-state index in [0.29, 0.717) is 19.3 Å². The molecular formula is C14H14N2. The van der Waals surface area contributed by atoms with E-state index < -0.39 is 0 Å². The zero-order valence-electron chi connectivity index (χ0n) is 9.19. The summed E-state index contributed by atoms with van der Waals surface area (Å²) in [6.07, 6.45) is 1.70. The van der Waals surface area contributed by atoms with Crippen molar-refractivity contribution in [2.45, 2.75) is 19.3 Å². The molecule has 0 heterocycles. The SMILES string of the molecule is C=C(CC(C#N)CCC#N)c1ccccc1. The van der Waals surface area contributed by atoms with Crippen LogP contribution in [0.2, 0.25) is 0 Å². The molecule has 0 saturated carbocycles. The Balaban J connectivity index is 2.57. The fourth-order valence-corrected chi connectivity index (χ4v) is 1.54. The average molecular weight is 210 g/mol. The molecule has 0 aliphatic rings. The van der Waals surface area contributed by atoms with Crippen molar-refractivity contribution in [1.82, 2.24) is 0 Å². The second-order valence-electron chi connectivity index (χ2n) is 3.70. The smallest absolute Gasteiger partial charge is 0.0659 e. The van der Waals surface area contributed by atoms with Crippen molar-refractivity contribution in [3.63, 3.8) is 0 Å². The Hall–Kier alpha value is -2.06. The lowest BCUT2D eigenvalue weighted by molar-refractivity contribution is 0.631. The largest absolute Gasteiger partial charge is 0.198 e. The van der Waals surface area contributed by atoms with Crippen LogP contribution in [0.1, 0.15) is 24.8 Å². The van der Waals surface area contributed by atoms with Gasteiger partial charge in [-0.05, 0) is 24.0 Å². The molecule has 0 saturated heterocycles. The normalized spacial score (nSPS) is 11.1. The van der Waals surface area contributed by atoms with Crippen LogP contribution < -0.4 is 0 Å². The Morgan fingerprint density at radius 1 is 1.25 bits per heavy atom. The molecule has 0 aliphatic heterocycles. The van der Waals surface area contributed by atoms with E-state index in [1.807, 2.05) is 30.3 Å². The average Bonchev–Trinajstić information content (AvgIpc) is 2.35. The zero-order valence-corrected chi connectivity index (χ0v) is 9.19. The molecule has 1 atom stereocenters. The molecule has 1 aromatic carbocycles. The number of rotatable bonds is 5. The van der Waals surface area contributed by atoms with Gasteiger partial charge >= 0.3 is 0 Å². The Bertz CT molecular complexity index is 420. The lowest BCUT2D eigenvalue weighted by atomic mass is 9.93. The van der Waals surface area contributed by atoms with Gasteiger partial charge in [0.05, 0.1) is 18.1 Å². The van der Waals surface area contributed by atoms with Crippen LogP contribution in [0.4, 0.5) is 0 Å². The summed E-state index contributed by atoms with van der Waals surface area (Å²) in [4.78, 5) is 0. The Kier molecular flexibility index (Phi) is 4.83. The van der Waals surface area contributed by atoms with Crippen LogP contribution in [0.15, 0.2) is 36.9 Å².